The molecule has 0 aliphatic rings. The molecule has 6 nitrogen and oxygen atoms in total. The molecule has 0 heterocycles. The smallest absolute Gasteiger partial charge is 0.416 e. The highest BCUT2D eigenvalue weighted by Crippen LogP contribution is 2.37. The first-order valence-electron chi connectivity index (χ1n) is 9.46. The van der Waals surface area contributed by atoms with E-state index in [0.29, 0.717) is 18.6 Å². The van der Waals surface area contributed by atoms with Gasteiger partial charge in [0, 0.05) is 11.7 Å². The van der Waals surface area contributed by atoms with Gasteiger partial charge in [-0.2, -0.15) is 26.3 Å². The first-order valence-corrected chi connectivity index (χ1v) is 10.9. The van der Waals surface area contributed by atoms with Crippen LogP contribution in [0.2, 0.25) is 0 Å². The molecule has 0 aromatic heterocycles. The molecule has 2 aromatic carbocycles. The second kappa shape index (κ2) is 10.00. The number of sulfonamides is 1. The number of halogens is 6. The number of nitrogens with one attached hydrogen (secondary N) is 2. The van der Waals surface area contributed by atoms with E-state index in [1.165, 1.54) is 24.3 Å². The minimum Gasteiger partial charge on any atom is -0.484 e. The average Bonchev–Trinajstić information content (AvgIpc) is 2.70. The second-order valence-corrected chi connectivity index (χ2v) is 8.75. The minimum absolute atomic E-state index is 0.0525. The molecule has 1 atom stereocenters. The Bertz CT molecular complexity index is 1050. The number of rotatable bonds is 8. The highest BCUT2D eigenvalue weighted by atomic mass is 32.2. The van der Waals surface area contributed by atoms with Crippen LogP contribution in [0.1, 0.15) is 31.4 Å². The molecule has 33 heavy (non-hydrogen) atoms. The summed E-state index contributed by atoms with van der Waals surface area (Å²) in [5.41, 5.74) is -3.85. The van der Waals surface area contributed by atoms with Crippen LogP contribution in [0.25, 0.3) is 0 Å². The molecule has 0 saturated carbocycles. The minimum atomic E-state index is -5.05. The first kappa shape index (κ1) is 26.5. The summed E-state index contributed by atoms with van der Waals surface area (Å²) < 4.78 is 109. The van der Waals surface area contributed by atoms with Gasteiger partial charge in [0.2, 0.25) is 10.0 Å². The van der Waals surface area contributed by atoms with Gasteiger partial charge in [0.15, 0.2) is 6.61 Å². The lowest BCUT2D eigenvalue weighted by Gasteiger charge is -2.15. The zero-order valence-electron chi connectivity index (χ0n) is 17.3. The summed E-state index contributed by atoms with van der Waals surface area (Å²) in [5, 5.41) is 1.93. The van der Waals surface area contributed by atoms with E-state index in [1.54, 1.807) is 13.8 Å². The standard InChI is InChI=1S/C20H20F6N2O4S/c1-3-12(2)28-33(30,31)17-6-4-16(5-7-17)32-11-18(29)27-15-9-13(19(21,22)23)8-14(10-15)20(24,25)26/h4-10,12,28H,3,11H2,1-2H3,(H,27,29)/t12-/m0/s1. The second-order valence-electron chi connectivity index (χ2n) is 7.03. The van der Waals surface area contributed by atoms with E-state index in [4.69, 9.17) is 4.74 Å². The van der Waals surface area contributed by atoms with Crippen LogP contribution >= 0.6 is 0 Å². The van der Waals surface area contributed by atoms with E-state index < -0.39 is 51.7 Å². The Kier molecular flexibility index (Phi) is 8.01. The first-order chi connectivity index (χ1) is 15.1. The third kappa shape index (κ3) is 7.63. The van der Waals surface area contributed by atoms with E-state index in [9.17, 15) is 39.6 Å². The zero-order valence-corrected chi connectivity index (χ0v) is 18.2. The number of alkyl halides is 6. The molecule has 2 rings (SSSR count). The van der Waals surface area contributed by atoms with Crippen LogP contribution in [-0.4, -0.2) is 27.0 Å². The molecule has 2 N–H and O–H groups in total. The SMILES string of the molecule is CC[C@H](C)NS(=O)(=O)c1ccc(OCC(=O)Nc2cc(C(F)(F)F)cc(C(F)(F)F)c2)cc1. The average molecular weight is 498 g/mol. The van der Waals surface area contributed by atoms with Gasteiger partial charge >= 0.3 is 12.4 Å². The maximum atomic E-state index is 12.9. The number of hydrogen-bond acceptors (Lipinski definition) is 4. The lowest BCUT2D eigenvalue weighted by atomic mass is 10.1. The van der Waals surface area contributed by atoms with Crippen molar-refractivity contribution >= 4 is 21.6 Å². The molecule has 0 spiro atoms. The highest BCUT2D eigenvalue weighted by Gasteiger charge is 2.37. The van der Waals surface area contributed by atoms with Crippen LogP contribution in [0.3, 0.4) is 0 Å². The number of ether oxygens (including phenoxy) is 1. The molecule has 2 aromatic rings. The van der Waals surface area contributed by atoms with Gasteiger partial charge in [-0.3, -0.25) is 4.79 Å². The molecule has 13 heteroatoms. The maximum absolute atomic E-state index is 12.9. The molecule has 0 radical (unpaired) electrons. The van der Waals surface area contributed by atoms with Crippen molar-refractivity contribution in [2.75, 3.05) is 11.9 Å². The number of carbonyl (C=O) groups is 1. The fourth-order valence-corrected chi connectivity index (χ4v) is 3.83. The molecule has 0 fully saturated rings. The number of amides is 1. The van der Waals surface area contributed by atoms with E-state index in [2.05, 4.69) is 4.72 Å². The third-order valence-corrected chi connectivity index (χ3v) is 5.95. The Hall–Kier alpha value is -2.80. The van der Waals surface area contributed by atoms with Gasteiger partial charge in [0.25, 0.3) is 5.91 Å². The Morgan fingerprint density at radius 3 is 1.94 bits per heavy atom. The summed E-state index contributed by atoms with van der Waals surface area (Å²) in [6.07, 6.45) is -9.53. The van der Waals surface area contributed by atoms with Crippen molar-refractivity contribution < 1.29 is 44.3 Å². The van der Waals surface area contributed by atoms with Crippen molar-refractivity contribution in [3.05, 3.63) is 53.6 Å². The van der Waals surface area contributed by atoms with Crippen molar-refractivity contribution in [1.82, 2.24) is 4.72 Å². The molecular formula is C20H20F6N2O4S. The predicted octanol–water partition coefficient (Wildman–Crippen LogP) is 4.82. The van der Waals surface area contributed by atoms with Gasteiger partial charge in [0.1, 0.15) is 5.75 Å². The zero-order chi connectivity index (χ0) is 25.0. The quantitative estimate of drug-likeness (QED) is 0.512. The van der Waals surface area contributed by atoms with Crippen LogP contribution < -0.4 is 14.8 Å². The Morgan fingerprint density at radius 2 is 1.48 bits per heavy atom. The molecule has 0 saturated heterocycles. The van der Waals surface area contributed by atoms with E-state index >= 15 is 0 Å². The van der Waals surface area contributed by atoms with Gasteiger partial charge in [-0.05, 0) is 55.8 Å². The van der Waals surface area contributed by atoms with Crippen molar-refractivity contribution in [2.45, 2.75) is 43.6 Å². The summed E-state index contributed by atoms with van der Waals surface area (Å²) in [6.45, 7) is 2.75. The van der Waals surface area contributed by atoms with Crippen LogP contribution in [0.5, 0.6) is 5.75 Å². The van der Waals surface area contributed by atoms with E-state index in [-0.39, 0.29) is 22.8 Å². The molecular weight excluding hydrogens is 478 g/mol. The fourth-order valence-electron chi connectivity index (χ4n) is 2.50. The van der Waals surface area contributed by atoms with Gasteiger partial charge in [0.05, 0.1) is 16.0 Å². The summed E-state index contributed by atoms with van der Waals surface area (Å²) >= 11 is 0. The van der Waals surface area contributed by atoms with Crippen molar-refractivity contribution in [2.24, 2.45) is 0 Å². The van der Waals surface area contributed by atoms with Crippen LogP contribution in [-0.2, 0) is 27.2 Å². The number of anilines is 1. The summed E-state index contributed by atoms with van der Waals surface area (Å²) in [5.74, 6) is -0.953. The van der Waals surface area contributed by atoms with Gasteiger partial charge in [-0.1, -0.05) is 6.92 Å². The molecule has 0 unspecified atom stereocenters. The topological polar surface area (TPSA) is 84.5 Å². The summed E-state index contributed by atoms with van der Waals surface area (Å²) in [6, 6.07) is 5.35. The lowest BCUT2D eigenvalue weighted by molar-refractivity contribution is -0.143. The number of hydrogen-bond donors (Lipinski definition) is 2. The summed E-state index contributed by atoms with van der Waals surface area (Å²) in [7, 11) is -3.76. The highest BCUT2D eigenvalue weighted by molar-refractivity contribution is 7.89. The maximum Gasteiger partial charge on any atom is 0.416 e. The van der Waals surface area contributed by atoms with Crippen molar-refractivity contribution in [3.63, 3.8) is 0 Å². The van der Waals surface area contributed by atoms with Gasteiger partial charge < -0.3 is 10.1 Å². The number of carbonyl (C=O) groups excluding carboxylic acids is 1. The van der Waals surface area contributed by atoms with E-state index in [0.717, 1.165) is 0 Å². The van der Waals surface area contributed by atoms with Crippen LogP contribution in [0.15, 0.2) is 47.4 Å². The number of benzene rings is 2. The normalized spacial score (nSPS) is 13.5. The third-order valence-electron chi connectivity index (χ3n) is 4.34. The molecule has 0 aliphatic heterocycles. The molecule has 1 amide bonds. The Labute approximate surface area is 186 Å². The Balaban J connectivity index is 2.07. The van der Waals surface area contributed by atoms with Gasteiger partial charge in [-0.15, -0.1) is 0 Å². The molecule has 0 aliphatic carbocycles. The molecule has 0 bridgehead atoms. The Morgan fingerprint density at radius 1 is 0.970 bits per heavy atom. The monoisotopic (exact) mass is 498 g/mol. The largest absolute Gasteiger partial charge is 0.484 e. The fraction of sp³-hybridized carbons (Fsp3) is 0.350. The van der Waals surface area contributed by atoms with Crippen molar-refractivity contribution in [3.8, 4) is 5.75 Å². The summed E-state index contributed by atoms with van der Waals surface area (Å²) in [4.78, 5) is 11.9. The van der Waals surface area contributed by atoms with Crippen LogP contribution in [0, 0.1) is 0 Å². The van der Waals surface area contributed by atoms with Gasteiger partial charge in [-0.25, -0.2) is 13.1 Å². The predicted molar refractivity (Wildman–Crippen MR) is 107 cm³/mol. The lowest BCUT2D eigenvalue weighted by Crippen LogP contribution is -2.31. The van der Waals surface area contributed by atoms with E-state index in [1.807, 2.05) is 5.32 Å². The van der Waals surface area contributed by atoms with Crippen molar-refractivity contribution in [1.29, 1.82) is 0 Å². The van der Waals surface area contributed by atoms with Crippen LogP contribution in [0.4, 0.5) is 32.0 Å². The molecule has 182 valence electrons.